The normalized spacial score (nSPS) is 11.1. The molecule has 0 aliphatic heterocycles. The van der Waals surface area contributed by atoms with Crippen LogP contribution in [0, 0.1) is 10.1 Å². The molecule has 0 radical (unpaired) electrons. The minimum atomic E-state index is -0.565. The number of hydrogen-bond donors (Lipinski definition) is 2. The number of hydrogen-bond acceptors (Lipinski definition) is 6. The number of phenolic OH excluding ortho intramolecular Hbond substituents is 1. The molecule has 154 valence electrons. The summed E-state index contributed by atoms with van der Waals surface area (Å²) in [6.45, 7) is 0. The zero-order valence-corrected chi connectivity index (χ0v) is 17.4. The zero-order valence-electron chi connectivity index (χ0n) is 15.8. The third-order valence-corrected chi connectivity index (χ3v) is 5.18. The smallest absolute Gasteiger partial charge is 0.275 e. The summed E-state index contributed by atoms with van der Waals surface area (Å²) >= 11 is 3.30. The molecule has 9 heteroatoms. The van der Waals surface area contributed by atoms with E-state index in [4.69, 9.17) is 4.42 Å². The van der Waals surface area contributed by atoms with E-state index in [1.54, 1.807) is 24.3 Å². The van der Waals surface area contributed by atoms with Crippen molar-refractivity contribution in [2.24, 2.45) is 5.10 Å². The van der Waals surface area contributed by atoms with Crippen LogP contribution >= 0.6 is 15.9 Å². The van der Waals surface area contributed by atoms with E-state index in [0.717, 1.165) is 10.8 Å². The maximum absolute atomic E-state index is 12.4. The molecule has 0 saturated carbocycles. The van der Waals surface area contributed by atoms with Gasteiger partial charge in [-0.25, -0.2) is 5.43 Å². The molecule has 4 rings (SSSR count). The lowest BCUT2D eigenvalue weighted by atomic mass is 10.1. The molecular weight excluding hydrogens is 466 g/mol. The second-order valence-electron chi connectivity index (χ2n) is 6.54. The van der Waals surface area contributed by atoms with Gasteiger partial charge in [-0.1, -0.05) is 24.3 Å². The minimum Gasteiger partial charge on any atom is -0.507 e. The number of phenols is 1. The molecule has 1 heterocycles. The molecular formula is C22H14BrN3O5. The fourth-order valence-electron chi connectivity index (χ4n) is 3.01. The third kappa shape index (κ3) is 4.31. The molecule has 0 saturated heterocycles. The Bertz CT molecular complexity index is 1350. The van der Waals surface area contributed by atoms with E-state index in [2.05, 4.69) is 26.5 Å². The van der Waals surface area contributed by atoms with Crippen molar-refractivity contribution >= 4 is 44.5 Å². The number of nitrogens with zero attached hydrogens (tertiary/aromatic N) is 2. The van der Waals surface area contributed by atoms with Crippen molar-refractivity contribution in [3.63, 3.8) is 0 Å². The van der Waals surface area contributed by atoms with Crippen LogP contribution in [0.4, 0.5) is 5.69 Å². The fourth-order valence-corrected chi connectivity index (χ4v) is 3.57. The Kier molecular flexibility index (Phi) is 5.50. The van der Waals surface area contributed by atoms with Gasteiger partial charge < -0.3 is 9.52 Å². The number of carbonyl (C=O) groups excluding carboxylic acids is 1. The Morgan fingerprint density at radius 2 is 1.84 bits per heavy atom. The fraction of sp³-hybridized carbons (Fsp3) is 0. The summed E-state index contributed by atoms with van der Waals surface area (Å²) in [4.78, 5) is 22.8. The first-order chi connectivity index (χ1) is 14.9. The van der Waals surface area contributed by atoms with Crippen LogP contribution in [-0.4, -0.2) is 22.2 Å². The molecule has 31 heavy (non-hydrogen) atoms. The first kappa shape index (κ1) is 20.3. The quantitative estimate of drug-likeness (QED) is 0.230. The highest BCUT2D eigenvalue weighted by Gasteiger charge is 2.14. The Balaban J connectivity index is 1.48. The Morgan fingerprint density at radius 3 is 2.55 bits per heavy atom. The summed E-state index contributed by atoms with van der Waals surface area (Å²) in [5, 5.41) is 26.5. The number of benzene rings is 3. The standard InChI is InChI=1S/C22H14BrN3O5/c23-19-11-15(26(29)30)5-7-17(19)21-8-6-16(31-21)12-24-25-22(28)18-9-13-3-1-2-4-14(13)10-20(18)27/h1-12,27H,(H,25,28). The van der Waals surface area contributed by atoms with Gasteiger partial charge in [-0.15, -0.1) is 0 Å². The highest BCUT2D eigenvalue weighted by molar-refractivity contribution is 9.10. The third-order valence-electron chi connectivity index (χ3n) is 4.52. The first-order valence-electron chi connectivity index (χ1n) is 9.01. The topological polar surface area (TPSA) is 118 Å². The van der Waals surface area contributed by atoms with E-state index >= 15 is 0 Å². The molecule has 0 spiro atoms. The number of halogens is 1. The molecule has 0 aliphatic rings. The van der Waals surface area contributed by atoms with Gasteiger partial charge in [0.25, 0.3) is 11.6 Å². The molecule has 4 aromatic rings. The average molecular weight is 480 g/mol. The van der Waals surface area contributed by atoms with Gasteiger partial charge in [0.2, 0.25) is 0 Å². The van der Waals surface area contributed by atoms with Gasteiger partial charge in [0.1, 0.15) is 17.3 Å². The van der Waals surface area contributed by atoms with Crippen LogP contribution in [0.5, 0.6) is 5.75 Å². The first-order valence-corrected chi connectivity index (χ1v) is 9.81. The lowest BCUT2D eigenvalue weighted by Crippen LogP contribution is -2.17. The van der Waals surface area contributed by atoms with Gasteiger partial charge in [-0.05, 0) is 57.0 Å². The number of nitro benzene ring substituents is 1. The number of nitrogens with one attached hydrogen (secondary N) is 1. The van der Waals surface area contributed by atoms with Crippen LogP contribution in [0.1, 0.15) is 16.1 Å². The number of amides is 1. The van der Waals surface area contributed by atoms with Gasteiger partial charge in [0, 0.05) is 22.2 Å². The number of furan rings is 1. The van der Waals surface area contributed by atoms with Gasteiger partial charge in [-0.2, -0.15) is 5.10 Å². The van der Waals surface area contributed by atoms with E-state index in [-0.39, 0.29) is 17.0 Å². The van der Waals surface area contributed by atoms with Gasteiger partial charge in [0.15, 0.2) is 0 Å². The van der Waals surface area contributed by atoms with Crippen LogP contribution in [0.3, 0.4) is 0 Å². The summed E-state index contributed by atoms with van der Waals surface area (Å²) < 4.78 is 6.18. The minimum absolute atomic E-state index is 0.0383. The maximum atomic E-state index is 12.4. The monoisotopic (exact) mass is 479 g/mol. The zero-order chi connectivity index (χ0) is 22.0. The molecule has 3 aromatic carbocycles. The largest absolute Gasteiger partial charge is 0.507 e. The second kappa shape index (κ2) is 8.41. The predicted octanol–water partition coefficient (Wildman–Crippen LogP) is 5.24. The Hall–Kier alpha value is -3.98. The van der Waals surface area contributed by atoms with Gasteiger partial charge in [0.05, 0.1) is 16.7 Å². The summed E-state index contributed by atoms with van der Waals surface area (Å²) in [6, 6.07) is 18.2. The molecule has 2 N–H and O–H groups in total. The lowest BCUT2D eigenvalue weighted by molar-refractivity contribution is -0.384. The molecule has 8 nitrogen and oxygen atoms in total. The van der Waals surface area contributed by atoms with Crippen LogP contribution in [0.25, 0.3) is 22.1 Å². The van der Waals surface area contributed by atoms with Crippen molar-refractivity contribution in [2.75, 3.05) is 0 Å². The van der Waals surface area contributed by atoms with Crippen molar-refractivity contribution in [1.29, 1.82) is 0 Å². The number of hydrazone groups is 1. The van der Waals surface area contributed by atoms with Crippen molar-refractivity contribution in [3.05, 3.63) is 92.6 Å². The molecule has 0 aliphatic carbocycles. The Morgan fingerprint density at radius 1 is 1.10 bits per heavy atom. The summed E-state index contributed by atoms with van der Waals surface area (Å²) in [6.07, 6.45) is 1.32. The summed E-state index contributed by atoms with van der Waals surface area (Å²) in [7, 11) is 0. The average Bonchev–Trinajstić information content (AvgIpc) is 3.21. The van der Waals surface area contributed by atoms with Crippen LogP contribution in [0.15, 0.2) is 80.7 Å². The van der Waals surface area contributed by atoms with Crippen molar-refractivity contribution < 1.29 is 19.2 Å². The van der Waals surface area contributed by atoms with Gasteiger partial charge >= 0.3 is 0 Å². The van der Waals surface area contributed by atoms with Crippen molar-refractivity contribution in [1.82, 2.24) is 5.43 Å². The van der Waals surface area contributed by atoms with E-state index in [1.165, 1.54) is 24.4 Å². The van der Waals surface area contributed by atoms with Gasteiger partial charge in [-0.3, -0.25) is 14.9 Å². The van der Waals surface area contributed by atoms with E-state index in [1.807, 2.05) is 24.3 Å². The highest BCUT2D eigenvalue weighted by Crippen LogP contribution is 2.32. The highest BCUT2D eigenvalue weighted by atomic mass is 79.9. The number of rotatable bonds is 5. The van der Waals surface area contributed by atoms with Crippen molar-refractivity contribution in [3.8, 4) is 17.1 Å². The number of carbonyl (C=O) groups is 1. The number of non-ortho nitro benzene ring substituents is 1. The summed E-state index contributed by atoms with van der Waals surface area (Å²) in [5.74, 6) is 0.129. The second-order valence-corrected chi connectivity index (χ2v) is 7.39. The molecule has 1 amide bonds. The predicted molar refractivity (Wildman–Crippen MR) is 119 cm³/mol. The number of fused-ring (bicyclic) bond motifs is 1. The van der Waals surface area contributed by atoms with Crippen molar-refractivity contribution in [2.45, 2.75) is 0 Å². The molecule has 0 bridgehead atoms. The number of nitro groups is 1. The van der Waals surface area contributed by atoms with Crippen LogP contribution in [0.2, 0.25) is 0 Å². The molecule has 0 atom stereocenters. The SMILES string of the molecule is O=C(NN=Cc1ccc(-c2ccc([N+](=O)[O-])cc2Br)o1)c1cc2ccccc2cc1O. The van der Waals surface area contributed by atoms with E-state index in [9.17, 15) is 20.0 Å². The molecule has 1 aromatic heterocycles. The van der Waals surface area contributed by atoms with E-state index < -0.39 is 10.8 Å². The summed E-state index contributed by atoms with van der Waals surface area (Å²) in [5.41, 5.74) is 3.06. The lowest BCUT2D eigenvalue weighted by Gasteiger charge is -2.05. The van der Waals surface area contributed by atoms with E-state index in [0.29, 0.717) is 21.6 Å². The van der Waals surface area contributed by atoms with Crippen LogP contribution < -0.4 is 5.43 Å². The molecule has 0 unspecified atom stereocenters. The maximum Gasteiger partial charge on any atom is 0.275 e. The Labute approximate surface area is 184 Å². The molecule has 0 fully saturated rings. The van der Waals surface area contributed by atoms with Crippen LogP contribution in [-0.2, 0) is 0 Å². The number of aromatic hydroxyl groups is 1.